The molecular formula is C25H37N3O3. The van der Waals surface area contributed by atoms with E-state index >= 15 is 0 Å². The molecule has 1 saturated carbocycles. The second-order valence-corrected chi connectivity index (χ2v) is 9.60. The minimum absolute atomic E-state index is 0.0148. The Morgan fingerprint density at radius 3 is 2.29 bits per heavy atom. The van der Waals surface area contributed by atoms with Gasteiger partial charge in [-0.15, -0.1) is 0 Å². The molecule has 2 heterocycles. The van der Waals surface area contributed by atoms with Crippen molar-refractivity contribution in [2.45, 2.75) is 76.2 Å². The first kappa shape index (κ1) is 22.1. The quantitative estimate of drug-likeness (QED) is 0.687. The van der Waals surface area contributed by atoms with Gasteiger partial charge in [0, 0.05) is 13.1 Å². The van der Waals surface area contributed by atoms with Gasteiger partial charge in [0.25, 0.3) is 5.91 Å². The lowest BCUT2D eigenvalue weighted by atomic mass is 9.84. The molecule has 2 saturated heterocycles. The number of carbonyl (C=O) groups excluding carboxylic acids is 2. The Kier molecular flexibility index (Phi) is 7.16. The summed E-state index contributed by atoms with van der Waals surface area (Å²) in [6.07, 6.45) is 11.7. The number of nitrogens with zero attached hydrogens (tertiary/aromatic N) is 2. The molecule has 170 valence electrons. The zero-order valence-corrected chi connectivity index (χ0v) is 18.9. The van der Waals surface area contributed by atoms with Crippen molar-refractivity contribution in [2.75, 3.05) is 26.9 Å². The third kappa shape index (κ3) is 5.22. The fourth-order valence-corrected chi connectivity index (χ4v) is 5.43. The number of likely N-dealkylation sites (tertiary alicyclic amines) is 1. The Bertz CT molecular complexity index is 748. The van der Waals surface area contributed by atoms with Gasteiger partial charge in [0.15, 0.2) is 0 Å². The molecular weight excluding hydrogens is 390 g/mol. The van der Waals surface area contributed by atoms with Crippen LogP contribution in [-0.2, 0) is 11.2 Å². The summed E-state index contributed by atoms with van der Waals surface area (Å²) in [4.78, 5) is 29.6. The first-order valence-electron chi connectivity index (χ1n) is 12.1. The van der Waals surface area contributed by atoms with Crippen LogP contribution in [0.2, 0.25) is 0 Å². The molecule has 31 heavy (non-hydrogen) atoms. The first-order valence-corrected chi connectivity index (χ1v) is 12.1. The number of hydrogen-bond donors (Lipinski definition) is 1. The van der Waals surface area contributed by atoms with Crippen LogP contribution in [0.4, 0.5) is 4.79 Å². The molecule has 0 unspecified atom stereocenters. The summed E-state index contributed by atoms with van der Waals surface area (Å²) in [6, 6.07) is 8.16. The fourth-order valence-electron chi connectivity index (χ4n) is 5.43. The van der Waals surface area contributed by atoms with E-state index in [-0.39, 0.29) is 11.9 Å². The second-order valence-electron chi connectivity index (χ2n) is 9.60. The Morgan fingerprint density at radius 1 is 1.00 bits per heavy atom. The van der Waals surface area contributed by atoms with Gasteiger partial charge in [0.1, 0.15) is 11.3 Å². The van der Waals surface area contributed by atoms with E-state index in [9.17, 15) is 9.59 Å². The highest BCUT2D eigenvalue weighted by molar-refractivity contribution is 6.07. The number of rotatable bonds is 6. The number of ether oxygens (including phenoxy) is 1. The zero-order valence-electron chi connectivity index (χ0n) is 18.9. The Balaban J connectivity index is 1.24. The highest BCUT2D eigenvalue weighted by Crippen LogP contribution is 2.32. The summed E-state index contributed by atoms with van der Waals surface area (Å²) in [6.45, 7) is 2.35. The molecule has 3 amide bonds. The number of urea groups is 1. The second kappa shape index (κ2) is 10.0. The number of piperidine rings is 1. The van der Waals surface area contributed by atoms with Gasteiger partial charge in [-0.1, -0.05) is 44.2 Å². The van der Waals surface area contributed by atoms with Crippen LogP contribution in [0.15, 0.2) is 24.3 Å². The van der Waals surface area contributed by atoms with Gasteiger partial charge in [-0.25, -0.2) is 9.69 Å². The van der Waals surface area contributed by atoms with Crippen LogP contribution in [0.3, 0.4) is 0 Å². The number of imide groups is 1. The van der Waals surface area contributed by atoms with Crippen LogP contribution in [0.25, 0.3) is 0 Å². The highest BCUT2D eigenvalue weighted by Gasteiger charge is 2.50. The van der Waals surface area contributed by atoms with E-state index in [0.717, 1.165) is 76.6 Å². The van der Waals surface area contributed by atoms with Crippen molar-refractivity contribution in [1.29, 1.82) is 0 Å². The molecule has 1 aromatic carbocycles. The maximum Gasteiger partial charge on any atom is 0.326 e. The summed E-state index contributed by atoms with van der Waals surface area (Å²) in [5.41, 5.74) is 0.723. The number of hydrogen-bond acceptors (Lipinski definition) is 4. The molecule has 6 heteroatoms. The molecule has 1 aromatic rings. The molecule has 6 nitrogen and oxygen atoms in total. The molecule has 0 bridgehead atoms. The monoisotopic (exact) mass is 427 g/mol. The van der Waals surface area contributed by atoms with Gasteiger partial charge in [0.2, 0.25) is 0 Å². The number of nitrogens with one attached hydrogen (secondary N) is 1. The smallest absolute Gasteiger partial charge is 0.326 e. The average Bonchev–Trinajstić information content (AvgIpc) is 3.01. The molecule has 0 radical (unpaired) electrons. The Morgan fingerprint density at radius 2 is 1.65 bits per heavy atom. The molecule has 1 spiro atoms. The van der Waals surface area contributed by atoms with E-state index in [1.807, 2.05) is 12.1 Å². The van der Waals surface area contributed by atoms with Gasteiger partial charge >= 0.3 is 6.03 Å². The van der Waals surface area contributed by atoms with Crippen molar-refractivity contribution in [3.05, 3.63) is 29.8 Å². The van der Waals surface area contributed by atoms with Crippen LogP contribution >= 0.6 is 0 Å². The molecule has 1 N–H and O–H groups in total. The van der Waals surface area contributed by atoms with Crippen LogP contribution in [0, 0.1) is 5.92 Å². The van der Waals surface area contributed by atoms with E-state index in [4.69, 9.17) is 4.74 Å². The number of benzene rings is 1. The fraction of sp³-hybridized carbons (Fsp3) is 0.680. The van der Waals surface area contributed by atoms with Crippen LogP contribution in [0.5, 0.6) is 5.75 Å². The van der Waals surface area contributed by atoms with Gasteiger partial charge < -0.3 is 10.1 Å². The van der Waals surface area contributed by atoms with Crippen LogP contribution < -0.4 is 10.1 Å². The molecule has 3 aliphatic rings. The summed E-state index contributed by atoms with van der Waals surface area (Å²) < 4.78 is 5.23. The van der Waals surface area contributed by atoms with E-state index in [1.165, 1.54) is 23.3 Å². The lowest BCUT2D eigenvalue weighted by Crippen LogP contribution is -2.49. The van der Waals surface area contributed by atoms with E-state index < -0.39 is 5.54 Å². The lowest BCUT2D eigenvalue weighted by Gasteiger charge is -2.34. The molecule has 2 aliphatic heterocycles. The summed E-state index contributed by atoms with van der Waals surface area (Å²) >= 11 is 0. The SMILES string of the molecule is COc1ccc(CCC2CCN(CN3C(=O)NC4(CCCCCCC4)C3=O)CC2)cc1. The predicted molar refractivity (Wildman–Crippen MR) is 121 cm³/mol. The number of methoxy groups -OCH3 is 1. The van der Waals surface area contributed by atoms with Gasteiger partial charge in [-0.05, 0) is 62.1 Å². The molecule has 4 rings (SSSR count). The minimum atomic E-state index is -0.631. The van der Waals surface area contributed by atoms with Crippen molar-refractivity contribution in [1.82, 2.24) is 15.1 Å². The predicted octanol–water partition coefficient (Wildman–Crippen LogP) is 4.33. The Hall–Kier alpha value is -2.08. The number of amides is 3. The van der Waals surface area contributed by atoms with E-state index in [1.54, 1.807) is 7.11 Å². The number of carbonyl (C=O) groups is 2. The van der Waals surface area contributed by atoms with Gasteiger partial charge in [-0.2, -0.15) is 0 Å². The molecule has 0 atom stereocenters. The van der Waals surface area contributed by atoms with Crippen molar-refractivity contribution in [2.24, 2.45) is 5.92 Å². The third-order valence-corrected chi connectivity index (χ3v) is 7.50. The number of aryl methyl sites for hydroxylation is 1. The van der Waals surface area contributed by atoms with Crippen molar-refractivity contribution in [3.63, 3.8) is 0 Å². The standard InChI is InChI=1S/C25H37N3O3/c1-31-22-11-9-20(10-12-22)7-8-21-13-17-27(18-14-21)19-28-23(29)25(26-24(28)30)15-5-3-2-4-6-16-25/h9-12,21H,2-8,13-19H2,1H3,(H,26,30). The zero-order chi connectivity index (χ0) is 21.7. The van der Waals surface area contributed by atoms with Gasteiger partial charge in [-0.3, -0.25) is 9.69 Å². The molecule has 1 aliphatic carbocycles. The maximum absolute atomic E-state index is 13.2. The van der Waals surface area contributed by atoms with Crippen molar-refractivity contribution >= 4 is 11.9 Å². The van der Waals surface area contributed by atoms with Crippen LogP contribution in [-0.4, -0.2) is 54.1 Å². The van der Waals surface area contributed by atoms with Crippen molar-refractivity contribution < 1.29 is 14.3 Å². The molecule has 3 fully saturated rings. The summed E-state index contributed by atoms with van der Waals surface area (Å²) in [7, 11) is 1.69. The average molecular weight is 428 g/mol. The first-order chi connectivity index (χ1) is 15.1. The van der Waals surface area contributed by atoms with Crippen LogP contribution in [0.1, 0.15) is 69.8 Å². The maximum atomic E-state index is 13.2. The van der Waals surface area contributed by atoms with E-state index in [2.05, 4.69) is 22.3 Å². The third-order valence-electron chi connectivity index (χ3n) is 7.50. The van der Waals surface area contributed by atoms with E-state index in [0.29, 0.717) is 12.6 Å². The Labute approximate surface area is 186 Å². The largest absolute Gasteiger partial charge is 0.497 e. The minimum Gasteiger partial charge on any atom is -0.497 e. The highest BCUT2D eigenvalue weighted by atomic mass is 16.5. The summed E-state index contributed by atoms with van der Waals surface area (Å²) in [5, 5.41) is 3.08. The lowest BCUT2D eigenvalue weighted by molar-refractivity contribution is -0.133. The topological polar surface area (TPSA) is 61.9 Å². The molecule has 0 aromatic heterocycles. The normalized spacial score (nSPS) is 22.9. The summed E-state index contributed by atoms with van der Waals surface area (Å²) in [5.74, 6) is 1.62. The van der Waals surface area contributed by atoms with Gasteiger partial charge in [0.05, 0.1) is 13.8 Å². The van der Waals surface area contributed by atoms with Crippen molar-refractivity contribution in [3.8, 4) is 5.75 Å².